The van der Waals surface area contributed by atoms with Crippen LogP contribution < -0.4 is 5.73 Å². The Morgan fingerprint density at radius 2 is 1.15 bits per heavy atom. The Morgan fingerprint density at radius 3 is 1.54 bits per heavy atom. The van der Waals surface area contributed by atoms with E-state index in [1.165, 1.54) is 36.8 Å². The van der Waals surface area contributed by atoms with Gasteiger partial charge in [0.2, 0.25) is 0 Å². The molecule has 1 heteroatoms. The molecule has 0 spiro atoms. The molecule has 142 valence electrons. The highest BCUT2D eigenvalue weighted by Gasteiger charge is 2.40. The summed E-state index contributed by atoms with van der Waals surface area (Å²) >= 11 is 0. The average Bonchev–Trinajstić information content (AvgIpc) is 2.64. The van der Waals surface area contributed by atoms with E-state index >= 15 is 0 Å². The lowest BCUT2D eigenvalue weighted by molar-refractivity contribution is 0.103. The zero-order valence-corrected chi connectivity index (χ0v) is 17.0. The maximum atomic E-state index is 6.83. The number of rotatable bonds is 11. The van der Waals surface area contributed by atoms with Gasteiger partial charge in [-0.15, -0.1) is 0 Å². The molecule has 0 bridgehead atoms. The second-order valence-electron chi connectivity index (χ2n) is 8.43. The number of aryl methyl sites for hydroxylation is 2. The van der Waals surface area contributed by atoms with E-state index in [0.717, 1.165) is 25.7 Å². The second kappa shape index (κ2) is 9.92. The maximum Gasteiger partial charge on any atom is 0.0154 e. The summed E-state index contributed by atoms with van der Waals surface area (Å²) in [5.41, 5.74) is 9.68. The molecule has 0 aromatic heterocycles. The first-order chi connectivity index (χ1) is 12.5. The maximum absolute atomic E-state index is 6.83. The molecule has 0 unspecified atom stereocenters. The van der Waals surface area contributed by atoms with Crippen molar-refractivity contribution in [2.45, 2.75) is 77.7 Å². The molecule has 2 aromatic rings. The lowest BCUT2D eigenvalue weighted by atomic mass is 9.62. The van der Waals surface area contributed by atoms with Gasteiger partial charge in [0.25, 0.3) is 0 Å². The van der Waals surface area contributed by atoms with Crippen LogP contribution in [-0.2, 0) is 12.8 Å². The van der Waals surface area contributed by atoms with Crippen molar-refractivity contribution in [2.75, 3.05) is 0 Å². The Bertz CT molecular complexity index is 566. The van der Waals surface area contributed by atoms with E-state index < -0.39 is 0 Å². The highest BCUT2D eigenvalue weighted by atomic mass is 14.8. The predicted octanol–water partition coefficient (Wildman–Crippen LogP) is 6.56. The van der Waals surface area contributed by atoms with E-state index in [2.05, 4.69) is 81.4 Å². The summed E-state index contributed by atoms with van der Waals surface area (Å²) in [4.78, 5) is 0. The normalized spacial score (nSPS) is 12.3. The van der Waals surface area contributed by atoms with E-state index in [4.69, 9.17) is 5.73 Å². The number of hydrogen-bond donors (Lipinski definition) is 1. The van der Waals surface area contributed by atoms with Crippen molar-refractivity contribution in [3.05, 3.63) is 71.8 Å². The van der Waals surface area contributed by atoms with Crippen LogP contribution in [0.2, 0.25) is 0 Å². The van der Waals surface area contributed by atoms with Crippen LogP contribution in [0.3, 0.4) is 0 Å². The average molecular weight is 352 g/mol. The molecule has 0 heterocycles. The predicted molar refractivity (Wildman–Crippen MR) is 114 cm³/mol. The van der Waals surface area contributed by atoms with Crippen LogP contribution in [0.5, 0.6) is 0 Å². The van der Waals surface area contributed by atoms with Crippen LogP contribution in [0.15, 0.2) is 60.7 Å². The molecular weight excluding hydrogens is 314 g/mol. The molecule has 0 aliphatic rings. The quantitative estimate of drug-likeness (QED) is 0.456. The first-order valence-electron chi connectivity index (χ1n) is 10.3. The minimum absolute atomic E-state index is 0.174. The van der Waals surface area contributed by atoms with E-state index in [-0.39, 0.29) is 11.0 Å². The van der Waals surface area contributed by atoms with Crippen molar-refractivity contribution < 1.29 is 0 Å². The zero-order chi connectivity index (χ0) is 18.9. The van der Waals surface area contributed by atoms with Gasteiger partial charge in [-0.1, -0.05) is 86.8 Å². The summed E-state index contributed by atoms with van der Waals surface area (Å²) < 4.78 is 0. The van der Waals surface area contributed by atoms with Gasteiger partial charge >= 0.3 is 0 Å². The van der Waals surface area contributed by atoms with Crippen molar-refractivity contribution >= 4 is 0 Å². The third kappa shape index (κ3) is 5.99. The van der Waals surface area contributed by atoms with Crippen LogP contribution in [0.1, 0.15) is 70.4 Å². The van der Waals surface area contributed by atoms with Gasteiger partial charge < -0.3 is 5.73 Å². The van der Waals surface area contributed by atoms with Crippen molar-refractivity contribution in [2.24, 2.45) is 11.1 Å². The molecule has 0 aliphatic carbocycles. The van der Waals surface area contributed by atoms with Gasteiger partial charge in [0.1, 0.15) is 0 Å². The van der Waals surface area contributed by atoms with Gasteiger partial charge in [-0.25, -0.2) is 0 Å². The minimum Gasteiger partial charge on any atom is -0.325 e. The molecule has 0 aliphatic heterocycles. The Kier molecular flexibility index (Phi) is 7.90. The molecule has 2 N–H and O–H groups in total. The van der Waals surface area contributed by atoms with Crippen LogP contribution in [0.25, 0.3) is 0 Å². The first-order valence-corrected chi connectivity index (χ1v) is 10.3. The van der Waals surface area contributed by atoms with Gasteiger partial charge in [-0.05, 0) is 62.5 Å². The topological polar surface area (TPSA) is 26.0 Å². The first kappa shape index (κ1) is 20.7. The summed E-state index contributed by atoms with van der Waals surface area (Å²) in [5, 5.41) is 0. The lowest BCUT2D eigenvalue weighted by Gasteiger charge is -2.46. The van der Waals surface area contributed by atoms with Crippen molar-refractivity contribution in [1.29, 1.82) is 0 Å². The third-order valence-electron chi connectivity index (χ3n) is 6.10. The van der Waals surface area contributed by atoms with Crippen LogP contribution >= 0.6 is 0 Å². The van der Waals surface area contributed by atoms with Gasteiger partial charge in [0.05, 0.1) is 0 Å². The Morgan fingerprint density at radius 1 is 0.692 bits per heavy atom. The fourth-order valence-corrected chi connectivity index (χ4v) is 4.11. The summed E-state index contributed by atoms with van der Waals surface area (Å²) in [6, 6.07) is 21.8. The largest absolute Gasteiger partial charge is 0.325 e. The fraction of sp³-hybridized carbons (Fsp3) is 0.520. The summed E-state index contributed by atoms with van der Waals surface area (Å²) in [6.45, 7) is 6.77. The van der Waals surface area contributed by atoms with Gasteiger partial charge in [0.15, 0.2) is 0 Å². The highest BCUT2D eigenvalue weighted by Crippen LogP contribution is 2.44. The van der Waals surface area contributed by atoms with E-state index in [1.807, 2.05) is 0 Å². The fourth-order valence-electron chi connectivity index (χ4n) is 4.11. The smallest absolute Gasteiger partial charge is 0.0154 e. The standard InChI is InChI=1S/C25H37N/c1-4-5-12-19-25(24(2,3)26,20-17-22-13-8-6-9-14-22)21-18-23-15-10-7-11-16-23/h6-11,13-16H,4-5,12,17-21,26H2,1-3H3. The third-order valence-corrected chi connectivity index (χ3v) is 6.10. The molecule has 2 aromatic carbocycles. The Balaban J connectivity index is 2.17. The number of benzene rings is 2. The Hall–Kier alpha value is -1.60. The molecule has 0 fully saturated rings. The van der Waals surface area contributed by atoms with Crippen molar-refractivity contribution in [3.8, 4) is 0 Å². The Labute approximate surface area is 161 Å². The summed E-state index contributed by atoms with van der Waals surface area (Å²) in [5.74, 6) is 0. The van der Waals surface area contributed by atoms with E-state index in [9.17, 15) is 0 Å². The van der Waals surface area contributed by atoms with Gasteiger partial charge in [-0.2, -0.15) is 0 Å². The highest BCUT2D eigenvalue weighted by molar-refractivity contribution is 5.17. The number of unbranched alkanes of at least 4 members (excludes halogenated alkanes) is 2. The van der Waals surface area contributed by atoms with E-state index in [1.54, 1.807) is 0 Å². The van der Waals surface area contributed by atoms with Crippen LogP contribution in [-0.4, -0.2) is 5.54 Å². The lowest BCUT2D eigenvalue weighted by Crippen LogP contribution is -2.51. The monoisotopic (exact) mass is 351 g/mol. The van der Waals surface area contributed by atoms with E-state index in [0.29, 0.717) is 0 Å². The zero-order valence-electron chi connectivity index (χ0n) is 17.0. The molecule has 0 radical (unpaired) electrons. The number of hydrogen-bond acceptors (Lipinski definition) is 1. The molecule has 0 atom stereocenters. The molecule has 0 amide bonds. The number of nitrogens with two attached hydrogens (primary N) is 1. The van der Waals surface area contributed by atoms with Crippen LogP contribution in [0.4, 0.5) is 0 Å². The SMILES string of the molecule is CCCCCC(CCc1ccccc1)(CCc1ccccc1)C(C)(C)N. The minimum atomic E-state index is -0.176. The summed E-state index contributed by atoms with van der Waals surface area (Å²) in [6.07, 6.45) is 9.62. The molecular formula is C25H37N. The molecule has 1 nitrogen and oxygen atoms in total. The molecule has 0 saturated heterocycles. The molecule has 0 saturated carbocycles. The van der Waals surface area contributed by atoms with Gasteiger partial charge in [0, 0.05) is 5.54 Å². The van der Waals surface area contributed by atoms with Gasteiger partial charge in [-0.3, -0.25) is 0 Å². The molecule has 26 heavy (non-hydrogen) atoms. The van der Waals surface area contributed by atoms with Crippen LogP contribution in [0, 0.1) is 5.41 Å². The second-order valence-corrected chi connectivity index (χ2v) is 8.43. The van der Waals surface area contributed by atoms with Crippen molar-refractivity contribution in [1.82, 2.24) is 0 Å². The van der Waals surface area contributed by atoms with Crippen molar-refractivity contribution in [3.63, 3.8) is 0 Å². The summed E-state index contributed by atoms with van der Waals surface area (Å²) in [7, 11) is 0. The molecule has 2 rings (SSSR count).